The fraction of sp³-hybridized carbons (Fsp3) is 0.533. The summed E-state index contributed by atoms with van der Waals surface area (Å²) in [5.74, 6) is -0.140. The second-order valence-electron chi connectivity index (χ2n) is 6.44. The zero-order valence-electron chi connectivity index (χ0n) is 12.5. The van der Waals surface area contributed by atoms with Crippen molar-refractivity contribution in [1.29, 1.82) is 0 Å². The van der Waals surface area contributed by atoms with Crippen LogP contribution in [0.5, 0.6) is 0 Å². The lowest BCUT2D eigenvalue weighted by atomic mass is 9.89. The maximum absolute atomic E-state index is 12.3. The van der Waals surface area contributed by atoms with Crippen molar-refractivity contribution in [3.05, 3.63) is 24.3 Å². The molecule has 2 heterocycles. The summed E-state index contributed by atoms with van der Waals surface area (Å²) in [5, 5.41) is 3.77. The van der Waals surface area contributed by atoms with E-state index in [9.17, 15) is 4.79 Å². The molecule has 20 heavy (non-hydrogen) atoms. The second-order valence-corrected chi connectivity index (χ2v) is 6.44. The molecule has 2 aromatic rings. The van der Waals surface area contributed by atoms with Gasteiger partial charge in [0.15, 0.2) is 0 Å². The Morgan fingerprint density at radius 3 is 2.85 bits per heavy atom. The van der Waals surface area contributed by atoms with Gasteiger partial charge in [0.2, 0.25) is 0 Å². The Balaban J connectivity index is 2.03. The summed E-state index contributed by atoms with van der Waals surface area (Å²) in [6.07, 6.45) is 5.20. The number of carbonyl (C=O) groups excluding carboxylic acids is 1. The second kappa shape index (κ2) is 5.61. The van der Waals surface area contributed by atoms with Crippen LogP contribution in [0.2, 0.25) is 0 Å². The van der Waals surface area contributed by atoms with Gasteiger partial charge in [-0.3, -0.25) is 4.79 Å². The van der Waals surface area contributed by atoms with E-state index >= 15 is 0 Å². The van der Waals surface area contributed by atoms with Gasteiger partial charge in [-0.25, -0.2) is 9.97 Å². The number of nitrogens with one attached hydrogen (secondary N) is 2. The third kappa shape index (κ3) is 3.56. The smallest absolute Gasteiger partial charge is 0.270 e. The zero-order chi connectivity index (χ0) is 14.8. The lowest BCUT2D eigenvalue weighted by Crippen LogP contribution is -2.33. The first-order valence-corrected chi connectivity index (χ1v) is 6.96. The van der Waals surface area contributed by atoms with Crippen LogP contribution < -0.4 is 5.32 Å². The van der Waals surface area contributed by atoms with E-state index in [1.54, 1.807) is 6.20 Å². The normalized spacial score (nSPS) is 13.4. The Hall–Kier alpha value is -1.91. The Morgan fingerprint density at radius 2 is 2.15 bits per heavy atom. The number of aromatic nitrogens is 3. The van der Waals surface area contributed by atoms with E-state index in [2.05, 4.69) is 41.0 Å². The molecule has 2 rings (SSSR count). The van der Waals surface area contributed by atoms with E-state index in [0.29, 0.717) is 11.3 Å². The third-order valence-electron chi connectivity index (χ3n) is 3.27. The Kier molecular flexibility index (Phi) is 4.06. The minimum atomic E-state index is -0.140. The van der Waals surface area contributed by atoms with E-state index in [1.807, 2.05) is 13.0 Å². The van der Waals surface area contributed by atoms with Crippen molar-refractivity contribution < 1.29 is 4.79 Å². The molecule has 0 radical (unpaired) electrons. The van der Waals surface area contributed by atoms with E-state index in [0.717, 1.165) is 18.2 Å². The quantitative estimate of drug-likeness (QED) is 0.900. The van der Waals surface area contributed by atoms with E-state index < -0.39 is 0 Å². The van der Waals surface area contributed by atoms with Gasteiger partial charge in [0.1, 0.15) is 17.7 Å². The molecule has 0 fully saturated rings. The largest absolute Gasteiger partial charge is 0.348 e. The molecule has 1 atom stereocenters. The highest BCUT2D eigenvalue weighted by Gasteiger charge is 2.17. The molecular weight excluding hydrogens is 252 g/mol. The minimum absolute atomic E-state index is 0.130. The maximum Gasteiger partial charge on any atom is 0.270 e. The van der Waals surface area contributed by atoms with Gasteiger partial charge in [0.25, 0.3) is 5.91 Å². The van der Waals surface area contributed by atoms with Gasteiger partial charge in [-0.1, -0.05) is 20.8 Å². The summed E-state index contributed by atoms with van der Waals surface area (Å²) in [5.41, 5.74) is 1.40. The number of amides is 1. The Bertz CT molecular complexity index is 597. The Morgan fingerprint density at radius 1 is 1.40 bits per heavy atom. The van der Waals surface area contributed by atoms with Gasteiger partial charge in [0, 0.05) is 12.2 Å². The minimum Gasteiger partial charge on any atom is -0.348 e. The molecule has 1 unspecified atom stereocenters. The number of fused-ring (bicyclic) bond motifs is 1. The summed E-state index contributed by atoms with van der Waals surface area (Å²) in [7, 11) is 0. The molecule has 0 aliphatic carbocycles. The van der Waals surface area contributed by atoms with Crippen molar-refractivity contribution in [1.82, 2.24) is 20.3 Å². The standard InChI is InChI=1S/C15H22N4O/c1-10(5-7-15(2,3)4)19-14(20)12-11-6-8-16-13(11)18-9-17-12/h6,8-10H,5,7H2,1-4H3,(H,19,20)(H,16,17,18). The van der Waals surface area contributed by atoms with Gasteiger partial charge < -0.3 is 10.3 Å². The topological polar surface area (TPSA) is 70.7 Å². The predicted molar refractivity (Wildman–Crippen MR) is 79.5 cm³/mol. The molecule has 0 saturated carbocycles. The first kappa shape index (κ1) is 14.5. The predicted octanol–water partition coefficient (Wildman–Crippen LogP) is 2.90. The number of carbonyl (C=O) groups is 1. The fourth-order valence-corrected chi connectivity index (χ4v) is 2.07. The highest BCUT2D eigenvalue weighted by Crippen LogP contribution is 2.21. The van der Waals surface area contributed by atoms with Gasteiger partial charge in [-0.15, -0.1) is 0 Å². The molecular formula is C15H22N4O. The fourth-order valence-electron chi connectivity index (χ4n) is 2.07. The SMILES string of the molecule is CC(CCC(C)(C)C)NC(=O)c1ncnc2[nH]ccc12. The van der Waals surface area contributed by atoms with Crippen LogP contribution in [0.25, 0.3) is 11.0 Å². The van der Waals surface area contributed by atoms with Crippen molar-refractivity contribution in [2.24, 2.45) is 5.41 Å². The number of H-pyrrole nitrogens is 1. The molecule has 2 N–H and O–H groups in total. The van der Waals surface area contributed by atoms with Crippen LogP contribution in [0.15, 0.2) is 18.6 Å². The summed E-state index contributed by atoms with van der Waals surface area (Å²) in [6, 6.07) is 1.95. The van der Waals surface area contributed by atoms with Gasteiger partial charge >= 0.3 is 0 Å². The van der Waals surface area contributed by atoms with Crippen LogP contribution in [0.3, 0.4) is 0 Å². The lowest BCUT2D eigenvalue weighted by molar-refractivity contribution is 0.0932. The van der Waals surface area contributed by atoms with Gasteiger partial charge in [-0.05, 0) is 31.2 Å². The molecule has 0 aliphatic rings. The summed E-state index contributed by atoms with van der Waals surface area (Å²) in [6.45, 7) is 8.64. The average Bonchev–Trinajstić information content (AvgIpc) is 2.83. The van der Waals surface area contributed by atoms with Crippen molar-refractivity contribution in [2.75, 3.05) is 0 Å². The van der Waals surface area contributed by atoms with Gasteiger partial charge in [0.05, 0.1) is 5.39 Å². The molecule has 0 aromatic carbocycles. The number of nitrogens with zero attached hydrogens (tertiary/aromatic N) is 2. The third-order valence-corrected chi connectivity index (χ3v) is 3.27. The molecule has 0 saturated heterocycles. The van der Waals surface area contributed by atoms with Gasteiger partial charge in [-0.2, -0.15) is 0 Å². The van der Waals surface area contributed by atoms with Crippen LogP contribution >= 0.6 is 0 Å². The highest BCUT2D eigenvalue weighted by atomic mass is 16.1. The molecule has 108 valence electrons. The number of rotatable bonds is 4. The first-order chi connectivity index (χ1) is 9.37. The molecule has 1 amide bonds. The molecule has 0 spiro atoms. The maximum atomic E-state index is 12.3. The van der Waals surface area contributed by atoms with Crippen LogP contribution in [0.1, 0.15) is 51.0 Å². The lowest BCUT2D eigenvalue weighted by Gasteiger charge is -2.21. The number of aromatic amines is 1. The van der Waals surface area contributed by atoms with E-state index in [-0.39, 0.29) is 17.4 Å². The molecule has 5 heteroatoms. The zero-order valence-corrected chi connectivity index (χ0v) is 12.5. The van der Waals surface area contributed by atoms with Crippen LogP contribution in [-0.2, 0) is 0 Å². The summed E-state index contributed by atoms with van der Waals surface area (Å²) < 4.78 is 0. The van der Waals surface area contributed by atoms with Crippen LogP contribution in [0.4, 0.5) is 0 Å². The van der Waals surface area contributed by atoms with Crippen molar-refractivity contribution in [3.8, 4) is 0 Å². The van der Waals surface area contributed by atoms with Crippen LogP contribution in [-0.4, -0.2) is 26.9 Å². The summed E-state index contributed by atoms with van der Waals surface area (Å²) in [4.78, 5) is 23.4. The van der Waals surface area contributed by atoms with Crippen molar-refractivity contribution in [3.63, 3.8) is 0 Å². The molecule has 0 bridgehead atoms. The monoisotopic (exact) mass is 274 g/mol. The van der Waals surface area contributed by atoms with E-state index in [4.69, 9.17) is 0 Å². The Labute approximate surface area is 119 Å². The number of hydrogen-bond donors (Lipinski definition) is 2. The summed E-state index contributed by atoms with van der Waals surface area (Å²) >= 11 is 0. The first-order valence-electron chi connectivity index (χ1n) is 6.96. The highest BCUT2D eigenvalue weighted by molar-refractivity contribution is 6.03. The average molecular weight is 274 g/mol. The molecule has 5 nitrogen and oxygen atoms in total. The molecule has 2 aromatic heterocycles. The van der Waals surface area contributed by atoms with Crippen molar-refractivity contribution in [2.45, 2.75) is 46.6 Å². The van der Waals surface area contributed by atoms with Crippen LogP contribution in [0, 0.1) is 5.41 Å². The number of hydrogen-bond acceptors (Lipinski definition) is 3. The molecule has 0 aliphatic heterocycles. The van der Waals surface area contributed by atoms with Crippen molar-refractivity contribution >= 4 is 16.9 Å². The van der Waals surface area contributed by atoms with E-state index in [1.165, 1.54) is 6.33 Å².